The predicted molar refractivity (Wildman–Crippen MR) is 95.5 cm³/mol. The van der Waals surface area contributed by atoms with E-state index in [0.717, 1.165) is 6.34 Å². The minimum Gasteiger partial charge on any atom is -0.393 e. The van der Waals surface area contributed by atoms with Crippen molar-refractivity contribution in [2.75, 3.05) is 0 Å². The van der Waals surface area contributed by atoms with Crippen molar-refractivity contribution in [3.05, 3.63) is 47.8 Å². The van der Waals surface area contributed by atoms with E-state index in [4.69, 9.17) is 11.1 Å². The molecule has 0 bridgehead atoms. The Morgan fingerprint density at radius 3 is 2.80 bits per heavy atom. The van der Waals surface area contributed by atoms with Crippen LogP contribution in [0.25, 0.3) is 0 Å². The Labute approximate surface area is 146 Å². The molecule has 4 atom stereocenters. The van der Waals surface area contributed by atoms with Crippen molar-refractivity contribution in [1.29, 1.82) is 5.41 Å². The summed E-state index contributed by atoms with van der Waals surface area (Å²) < 4.78 is 13.8. The van der Waals surface area contributed by atoms with Gasteiger partial charge in [-0.1, -0.05) is 30.4 Å². The van der Waals surface area contributed by atoms with Gasteiger partial charge < -0.3 is 21.5 Å². The fraction of sp³-hybridized carbons (Fsp3) is 0.444. The zero-order chi connectivity index (χ0) is 18.3. The van der Waals surface area contributed by atoms with Gasteiger partial charge in [-0.3, -0.25) is 4.99 Å². The van der Waals surface area contributed by atoms with Gasteiger partial charge in [-0.2, -0.15) is 0 Å². The van der Waals surface area contributed by atoms with Crippen LogP contribution in [0.2, 0.25) is 0 Å². The number of aryl methyl sites for hydroxylation is 1. The standard InChI is InChI=1S/C18H25FN4O2/c19-16-4-2-1-3-13(16)5-7-18(11-20,22-12-21)8-6-14-9-15(24)10-17(14)23-25/h1-4,6,8,11-12,14-15,17,20,23-25H,5,7,9-10H2,(H2,21,22)/b8-6+,20-11?/t14?,15-,17?,18?/m1/s1. The molecule has 0 amide bonds. The minimum atomic E-state index is -0.982. The number of hydroxylamine groups is 1. The third kappa shape index (κ3) is 4.94. The molecule has 3 unspecified atom stereocenters. The molecule has 0 heterocycles. The summed E-state index contributed by atoms with van der Waals surface area (Å²) in [6, 6.07) is 6.26. The van der Waals surface area contributed by atoms with Crippen molar-refractivity contribution in [3.63, 3.8) is 0 Å². The number of aliphatic imine (C=N–C) groups is 1. The monoisotopic (exact) mass is 348 g/mol. The van der Waals surface area contributed by atoms with Crippen LogP contribution in [0, 0.1) is 17.1 Å². The van der Waals surface area contributed by atoms with Gasteiger partial charge in [0.15, 0.2) is 0 Å². The van der Waals surface area contributed by atoms with Gasteiger partial charge in [0.25, 0.3) is 0 Å². The highest BCUT2D eigenvalue weighted by molar-refractivity contribution is 5.74. The molecule has 6 nitrogen and oxygen atoms in total. The molecule has 2 rings (SSSR count). The average molecular weight is 348 g/mol. The summed E-state index contributed by atoms with van der Waals surface area (Å²) in [7, 11) is 0. The van der Waals surface area contributed by atoms with Crippen molar-refractivity contribution in [2.45, 2.75) is 43.4 Å². The number of rotatable bonds is 8. The molecule has 0 spiro atoms. The first-order valence-electron chi connectivity index (χ1n) is 8.31. The molecule has 7 heteroatoms. The van der Waals surface area contributed by atoms with Crippen molar-refractivity contribution in [3.8, 4) is 0 Å². The second kappa shape index (κ2) is 8.84. The lowest BCUT2D eigenvalue weighted by Gasteiger charge is -2.23. The van der Waals surface area contributed by atoms with E-state index in [1.54, 1.807) is 24.3 Å². The number of hydrogen-bond acceptors (Lipinski definition) is 5. The highest BCUT2D eigenvalue weighted by atomic mass is 19.1. The van der Waals surface area contributed by atoms with Gasteiger partial charge in [0, 0.05) is 12.3 Å². The molecule has 0 aliphatic heterocycles. The fourth-order valence-corrected chi connectivity index (χ4v) is 3.22. The van der Waals surface area contributed by atoms with Crippen molar-refractivity contribution in [2.24, 2.45) is 16.6 Å². The molecule has 1 aliphatic carbocycles. The van der Waals surface area contributed by atoms with E-state index < -0.39 is 11.6 Å². The number of nitrogens with two attached hydrogens (primary N) is 1. The van der Waals surface area contributed by atoms with Crippen LogP contribution < -0.4 is 11.2 Å². The number of nitrogens with one attached hydrogen (secondary N) is 2. The van der Waals surface area contributed by atoms with Crippen LogP contribution in [0.15, 0.2) is 41.4 Å². The van der Waals surface area contributed by atoms with Crippen molar-refractivity contribution < 1.29 is 14.7 Å². The van der Waals surface area contributed by atoms with Crippen LogP contribution in [-0.4, -0.2) is 40.6 Å². The Balaban J connectivity index is 2.15. The van der Waals surface area contributed by atoms with Crippen LogP contribution in [-0.2, 0) is 6.42 Å². The van der Waals surface area contributed by atoms with Crippen molar-refractivity contribution in [1.82, 2.24) is 5.48 Å². The molecular formula is C18H25FN4O2. The van der Waals surface area contributed by atoms with Gasteiger partial charge in [0.2, 0.25) is 0 Å². The molecule has 1 fully saturated rings. The van der Waals surface area contributed by atoms with E-state index >= 15 is 0 Å². The summed E-state index contributed by atoms with van der Waals surface area (Å²) >= 11 is 0. The number of aliphatic hydroxyl groups excluding tert-OH is 1. The second-order valence-corrected chi connectivity index (χ2v) is 6.39. The SMILES string of the molecule is N=CC(/C=C/C1C[C@@H](O)CC1NO)(CCc1ccccc1F)N=CN. The quantitative estimate of drug-likeness (QED) is 0.213. The van der Waals surface area contributed by atoms with Crippen molar-refractivity contribution >= 4 is 12.6 Å². The normalized spacial score (nSPS) is 26.3. The largest absolute Gasteiger partial charge is 0.393 e. The molecule has 1 aromatic carbocycles. The van der Waals surface area contributed by atoms with Gasteiger partial charge in [-0.15, -0.1) is 0 Å². The Hall–Kier alpha value is -2.09. The molecule has 1 saturated carbocycles. The summed E-state index contributed by atoms with van der Waals surface area (Å²) in [6.07, 6.45) is 7.18. The van der Waals surface area contributed by atoms with Crippen LogP contribution in [0.4, 0.5) is 4.39 Å². The molecule has 136 valence electrons. The molecule has 1 aliphatic rings. The number of aliphatic hydroxyl groups is 1. The zero-order valence-electron chi connectivity index (χ0n) is 14.0. The van der Waals surface area contributed by atoms with E-state index in [-0.39, 0.29) is 17.8 Å². The number of nitrogens with zero attached hydrogens (tertiary/aromatic N) is 1. The van der Waals surface area contributed by atoms with Crippen LogP contribution in [0.5, 0.6) is 0 Å². The Bertz CT molecular complexity index is 637. The van der Waals surface area contributed by atoms with Gasteiger partial charge in [0.05, 0.1) is 12.4 Å². The van der Waals surface area contributed by atoms with Gasteiger partial charge in [-0.25, -0.2) is 9.87 Å². The summed E-state index contributed by atoms with van der Waals surface area (Å²) in [6.45, 7) is 0. The average Bonchev–Trinajstić information content (AvgIpc) is 2.98. The summed E-state index contributed by atoms with van der Waals surface area (Å²) in [5, 5.41) is 26.7. The first-order valence-corrected chi connectivity index (χ1v) is 8.31. The van der Waals surface area contributed by atoms with Crippen LogP contribution in [0.3, 0.4) is 0 Å². The lowest BCUT2D eigenvalue weighted by Crippen LogP contribution is -2.31. The second-order valence-electron chi connectivity index (χ2n) is 6.39. The third-order valence-corrected chi connectivity index (χ3v) is 4.70. The van der Waals surface area contributed by atoms with Gasteiger partial charge in [-0.05, 0) is 43.2 Å². The smallest absolute Gasteiger partial charge is 0.126 e. The minimum absolute atomic E-state index is 0.0826. The summed E-state index contributed by atoms with van der Waals surface area (Å²) in [4.78, 5) is 4.20. The first-order chi connectivity index (χ1) is 12.0. The van der Waals surface area contributed by atoms with Crippen LogP contribution in [0.1, 0.15) is 24.8 Å². The molecule has 0 aromatic heterocycles. The molecule has 6 N–H and O–H groups in total. The molecule has 1 aromatic rings. The zero-order valence-corrected chi connectivity index (χ0v) is 14.0. The maximum absolute atomic E-state index is 13.8. The lowest BCUT2D eigenvalue weighted by molar-refractivity contribution is 0.108. The maximum Gasteiger partial charge on any atom is 0.126 e. The highest BCUT2D eigenvalue weighted by Gasteiger charge is 2.32. The molecule has 0 radical (unpaired) electrons. The first kappa shape index (κ1) is 19.2. The number of hydrogen-bond donors (Lipinski definition) is 5. The molecular weight excluding hydrogens is 323 g/mol. The molecule has 25 heavy (non-hydrogen) atoms. The van der Waals surface area contributed by atoms with Gasteiger partial charge >= 0.3 is 0 Å². The summed E-state index contributed by atoms with van der Waals surface area (Å²) in [5.41, 5.74) is 7.24. The van der Waals surface area contributed by atoms with E-state index in [1.807, 2.05) is 6.08 Å². The Kier molecular flexibility index (Phi) is 6.81. The highest BCUT2D eigenvalue weighted by Crippen LogP contribution is 2.29. The predicted octanol–water partition coefficient (Wildman–Crippen LogP) is 1.81. The lowest BCUT2D eigenvalue weighted by atomic mass is 9.90. The van der Waals surface area contributed by atoms with E-state index in [9.17, 15) is 14.7 Å². The topological polar surface area (TPSA) is 115 Å². The fourth-order valence-electron chi connectivity index (χ4n) is 3.22. The van der Waals surface area contributed by atoms with E-state index in [1.165, 1.54) is 12.3 Å². The van der Waals surface area contributed by atoms with E-state index in [2.05, 4.69) is 10.5 Å². The van der Waals surface area contributed by atoms with Crippen LogP contribution >= 0.6 is 0 Å². The maximum atomic E-state index is 13.8. The Morgan fingerprint density at radius 2 is 2.16 bits per heavy atom. The summed E-state index contributed by atoms with van der Waals surface area (Å²) in [5.74, 6) is -0.369. The molecule has 0 saturated heterocycles. The van der Waals surface area contributed by atoms with E-state index in [0.29, 0.717) is 31.2 Å². The number of halogens is 1. The number of benzene rings is 1. The Morgan fingerprint density at radius 1 is 1.40 bits per heavy atom. The van der Waals surface area contributed by atoms with Gasteiger partial charge in [0.1, 0.15) is 11.4 Å². The third-order valence-electron chi connectivity index (χ3n) is 4.70.